The number of hydrogen-bond donors (Lipinski definition) is 0. The molecular formula is C12H16O3. The van der Waals surface area contributed by atoms with Gasteiger partial charge >= 0.3 is 0 Å². The van der Waals surface area contributed by atoms with Crippen LogP contribution in [-0.2, 0) is 22.6 Å². The van der Waals surface area contributed by atoms with Crippen LogP contribution in [0.4, 0.5) is 0 Å². The average molecular weight is 208 g/mol. The minimum atomic E-state index is 0.532. The van der Waals surface area contributed by atoms with Crippen molar-refractivity contribution in [1.29, 1.82) is 0 Å². The first-order valence-corrected chi connectivity index (χ1v) is 4.90. The Morgan fingerprint density at radius 2 is 2.07 bits per heavy atom. The van der Waals surface area contributed by atoms with Gasteiger partial charge in [-0.05, 0) is 29.7 Å². The summed E-state index contributed by atoms with van der Waals surface area (Å²) in [7, 11) is 3.29. The van der Waals surface area contributed by atoms with E-state index in [1.54, 1.807) is 14.2 Å². The lowest BCUT2D eigenvalue weighted by molar-refractivity contribution is -0.107. The van der Waals surface area contributed by atoms with Gasteiger partial charge in [-0.3, -0.25) is 0 Å². The van der Waals surface area contributed by atoms with E-state index in [1.807, 2.05) is 18.2 Å². The van der Waals surface area contributed by atoms with Crippen molar-refractivity contribution in [2.45, 2.75) is 19.4 Å². The maximum Gasteiger partial charge on any atom is 0.120 e. The molecule has 1 aromatic carbocycles. The van der Waals surface area contributed by atoms with Crippen LogP contribution in [0.25, 0.3) is 0 Å². The van der Waals surface area contributed by atoms with E-state index in [1.165, 1.54) is 0 Å². The maximum atomic E-state index is 10.3. The van der Waals surface area contributed by atoms with Crippen molar-refractivity contribution in [2.24, 2.45) is 0 Å². The summed E-state index contributed by atoms with van der Waals surface area (Å²) in [6, 6.07) is 5.83. The Balaban J connectivity index is 2.88. The molecule has 0 saturated heterocycles. The molecule has 0 amide bonds. The minimum absolute atomic E-state index is 0.532. The third-order valence-corrected chi connectivity index (χ3v) is 2.24. The molecule has 0 heterocycles. The van der Waals surface area contributed by atoms with Crippen molar-refractivity contribution in [3.05, 3.63) is 29.3 Å². The first-order chi connectivity index (χ1) is 7.31. The third kappa shape index (κ3) is 3.36. The first kappa shape index (κ1) is 11.7. The van der Waals surface area contributed by atoms with E-state index in [0.717, 1.165) is 29.6 Å². The van der Waals surface area contributed by atoms with Gasteiger partial charge in [0.2, 0.25) is 0 Å². The minimum Gasteiger partial charge on any atom is -0.497 e. The number of hydrogen-bond acceptors (Lipinski definition) is 3. The predicted octanol–water partition coefficient (Wildman–Crippen LogP) is 1.97. The number of methoxy groups -OCH3 is 2. The fourth-order valence-corrected chi connectivity index (χ4v) is 1.47. The van der Waals surface area contributed by atoms with Crippen LogP contribution in [0.1, 0.15) is 17.5 Å². The van der Waals surface area contributed by atoms with Gasteiger partial charge in [-0.1, -0.05) is 6.07 Å². The monoisotopic (exact) mass is 208 g/mol. The zero-order valence-corrected chi connectivity index (χ0v) is 9.16. The van der Waals surface area contributed by atoms with Crippen LogP contribution in [0.15, 0.2) is 18.2 Å². The lowest BCUT2D eigenvalue weighted by atomic mass is 10.0. The van der Waals surface area contributed by atoms with Crippen LogP contribution in [-0.4, -0.2) is 20.5 Å². The molecule has 82 valence electrons. The number of rotatable bonds is 6. The van der Waals surface area contributed by atoms with Gasteiger partial charge in [-0.2, -0.15) is 0 Å². The fraction of sp³-hybridized carbons (Fsp3) is 0.417. The van der Waals surface area contributed by atoms with Crippen LogP contribution in [0.2, 0.25) is 0 Å². The van der Waals surface area contributed by atoms with Crippen LogP contribution < -0.4 is 4.74 Å². The van der Waals surface area contributed by atoms with E-state index in [-0.39, 0.29) is 0 Å². The molecule has 1 rings (SSSR count). The summed E-state index contributed by atoms with van der Waals surface area (Å²) in [6.07, 6.45) is 2.19. The molecule has 15 heavy (non-hydrogen) atoms. The Hall–Kier alpha value is -1.35. The lowest BCUT2D eigenvalue weighted by Crippen LogP contribution is -1.97. The summed E-state index contributed by atoms with van der Waals surface area (Å²) >= 11 is 0. The fourth-order valence-electron chi connectivity index (χ4n) is 1.47. The van der Waals surface area contributed by atoms with Crippen molar-refractivity contribution in [1.82, 2.24) is 0 Å². The van der Waals surface area contributed by atoms with Crippen LogP contribution >= 0.6 is 0 Å². The van der Waals surface area contributed by atoms with Gasteiger partial charge in [0.1, 0.15) is 12.0 Å². The van der Waals surface area contributed by atoms with Gasteiger partial charge in [0.05, 0.1) is 13.7 Å². The SMILES string of the molecule is COCc1ccc(OC)cc1CCC=O. The smallest absolute Gasteiger partial charge is 0.120 e. The Morgan fingerprint density at radius 1 is 1.27 bits per heavy atom. The third-order valence-electron chi connectivity index (χ3n) is 2.24. The highest BCUT2D eigenvalue weighted by Gasteiger charge is 2.04. The molecule has 0 atom stereocenters. The molecular weight excluding hydrogens is 192 g/mol. The Kier molecular flexibility index (Phi) is 4.84. The van der Waals surface area contributed by atoms with E-state index >= 15 is 0 Å². The first-order valence-electron chi connectivity index (χ1n) is 4.90. The molecule has 0 radical (unpaired) electrons. The van der Waals surface area contributed by atoms with Crippen molar-refractivity contribution < 1.29 is 14.3 Å². The molecule has 0 N–H and O–H groups in total. The topological polar surface area (TPSA) is 35.5 Å². The van der Waals surface area contributed by atoms with Crippen molar-refractivity contribution in [3.63, 3.8) is 0 Å². The lowest BCUT2D eigenvalue weighted by Gasteiger charge is -2.09. The zero-order valence-electron chi connectivity index (χ0n) is 9.16. The summed E-state index contributed by atoms with van der Waals surface area (Å²) in [5, 5.41) is 0. The Bertz CT molecular complexity index is 321. The van der Waals surface area contributed by atoms with Crippen LogP contribution in [0.5, 0.6) is 5.75 Å². The summed E-state index contributed by atoms with van der Waals surface area (Å²) in [5.41, 5.74) is 2.23. The van der Waals surface area contributed by atoms with Gasteiger partial charge in [-0.15, -0.1) is 0 Å². The number of carbonyl (C=O) groups is 1. The zero-order chi connectivity index (χ0) is 11.1. The van der Waals surface area contributed by atoms with Gasteiger partial charge in [-0.25, -0.2) is 0 Å². The summed E-state index contributed by atoms with van der Waals surface area (Å²) < 4.78 is 10.2. The molecule has 0 fully saturated rings. The van der Waals surface area contributed by atoms with Crippen molar-refractivity contribution in [2.75, 3.05) is 14.2 Å². The number of benzene rings is 1. The molecule has 3 heteroatoms. The number of carbonyl (C=O) groups excluding carboxylic acids is 1. The normalized spacial score (nSPS) is 10.0. The Morgan fingerprint density at radius 3 is 2.67 bits per heavy atom. The number of ether oxygens (including phenoxy) is 2. The Labute approximate surface area is 90.0 Å². The average Bonchev–Trinajstić information content (AvgIpc) is 2.28. The summed E-state index contributed by atoms with van der Waals surface area (Å²) in [6.45, 7) is 0.568. The van der Waals surface area contributed by atoms with Crippen molar-refractivity contribution >= 4 is 6.29 Å². The van der Waals surface area contributed by atoms with E-state index < -0.39 is 0 Å². The quantitative estimate of drug-likeness (QED) is 0.670. The molecule has 0 spiro atoms. The molecule has 0 bridgehead atoms. The summed E-state index contributed by atoms with van der Waals surface area (Å²) in [5.74, 6) is 0.816. The maximum absolute atomic E-state index is 10.3. The van der Waals surface area contributed by atoms with E-state index in [4.69, 9.17) is 9.47 Å². The largest absolute Gasteiger partial charge is 0.497 e. The molecule has 0 unspecified atom stereocenters. The van der Waals surface area contributed by atoms with Crippen LogP contribution in [0, 0.1) is 0 Å². The van der Waals surface area contributed by atoms with Crippen molar-refractivity contribution in [3.8, 4) is 5.75 Å². The molecule has 0 aliphatic rings. The highest BCUT2D eigenvalue weighted by atomic mass is 16.5. The highest BCUT2D eigenvalue weighted by molar-refractivity contribution is 5.50. The number of aryl methyl sites for hydroxylation is 1. The van der Waals surface area contributed by atoms with Gasteiger partial charge in [0, 0.05) is 13.5 Å². The molecule has 0 aromatic heterocycles. The molecule has 1 aromatic rings. The molecule has 3 nitrogen and oxygen atoms in total. The standard InChI is InChI=1S/C12H16O3/c1-14-9-11-5-6-12(15-2)8-10(11)4-3-7-13/h5-8H,3-4,9H2,1-2H3. The molecule has 0 aliphatic carbocycles. The van der Waals surface area contributed by atoms with Gasteiger partial charge in [0.15, 0.2) is 0 Å². The highest BCUT2D eigenvalue weighted by Crippen LogP contribution is 2.19. The molecule has 0 aliphatic heterocycles. The molecule has 0 saturated carbocycles. The van der Waals surface area contributed by atoms with E-state index in [0.29, 0.717) is 13.0 Å². The number of aldehydes is 1. The second kappa shape index (κ2) is 6.19. The van der Waals surface area contributed by atoms with Gasteiger partial charge < -0.3 is 14.3 Å². The second-order valence-electron chi connectivity index (χ2n) is 3.27. The summed E-state index contributed by atoms with van der Waals surface area (Å²) in [4.78, 5) is 10.3. The predicted molar refractivity (Wildman–Crippen MR) is 58.1 cm³/mol. The van der Waals surface area contributed by atoms with Gasteiger partial charge in [0.25, 0.3) is 0 Å². The van der Waals surface area contributed by atoms with E-state index in [9.17, 15) is 4.79 Å². The van der Waals surface area contributed by atoms with E-state index in [2.05, 4.69) is 0 Å². The van der Waals surface area contributed by atoms with Crippen LogP contribution in [0.3, 0.4) is 0 Å². The second-order valence-corrected chi connectivity index (χ2v) is 3.27.